The average molecular weight is 202 g/mol. The highest BCUT2D eigenvalue weighted by molar-refractivity contribution is 4.73. The van der Waals surface area contributed by atoms with Crippen molar-refractivity contribution in [1.29, 1.82) is 0 Å². The summed E-state index contributed by atoms with van der Waals surface area (Å²) >= 11 is 0. The molecule has 13 heavy (non-hydrogen) atoms. The van der Waals surface area contributed by atoms with E-state index in [2.05, 4.69) is 5.32 Å². The molecule has 1 N–H and O–H groups in total. The minimum Gasteiger partial charge on any atom is -0.318 e. The highest BCUT2D eigenvalue weighted by atomic mass is 19.3. The summed E-state index contributed by atoms with van der Waals surface area (Å²) in [5.41, 5.74) is 0. The van der Waals surface area contributed by atoms with Gasteiger partial charge in [-0.05, 0) is 14.1 Å². The fourth-order valence-corrected chi connectivity index (χ4v) is 0.811. The van der Waals surface area contributed by atoms with Gasteiger partial charge in [-0.15, -0.1) is 0 Å². The van der Waals surface area contributed by atoms with Crippen LogP contribution >= 0.6 is 0 Å². The van der Waals surface area contributed by atoms with Gasteiger partial charge in [-0.1, -0.05) is 0 Å². The van der Waals surface area contributed by atoms with E-state index in [1.54, 1.807) is 7.05 Å². The van der Waals surface area contributed by atoms with Crippen LogP contribution in [0.3, 0.4) is 0 Å². The first kappa shape index (κ1) is 12.6. The lowest BCUT2D eigenvalue weighted by Gasteiger charge is -2.22. The molecule has 0 bridgehead atoms. The predicted octanol–water partition coefficient (Wildman–Crippen LogP) is 1.04. The van der Waals surface area contributed by atoms with E-state index in [9.17, 15) is 17.6 Å². The van der Waals surface area contributed by atoms with Crippen molar-refractivity contribution >= 4 is 0 Å². The van der Waals surface area contributed by atoms with E-state index in [0.29, 0.717) is 13.1 Å². The minimum absolute atomic E-state index is 0.318. The zero-order valence-electron chi connectivity index (χ0n) is 7.66. The van der Waals surface area contributed by atoms with E-state index in [4.69, 9.17) is 0 Å². The Hall–Kier alpha value is -0.360. The van der Waals surface area contributed by atoms with Crippen LogP contribution in [0.5, 0.6) is 0 Å². The van der Waals surface area contributed by atoms with Crippen molar-refractivity contribution in [2.75, 3.05) is 33.7 Å². The molecular weight excluding hydrogens is 188 g/mol. The smallest absolute Gasteiger partial charge is 0.318 e. The molecule has 0 radical (unpaired) electrons. The van der Waals surface area contributed by atoms with Gasteiger partial charge in [0.15, 0.2) is 0 Å². The molecule has 0 spiro atoms. The van der Waals surface area contributed by atoms with Gasteiger partial charge in [-0.25, -0.2) is 8.78 Å². The summed E-state index contributed by atoms with van der Waals surface area (Å²) in [5.74, 6) is -3.91. The fourth-order valence-electron chi connectivity index (χ4n) is 0.811. The Balaban J connectivity index is 3.82. The molecule has 0 aliphatic carbocycles. The molecular formula is C7H14F4N2. The maximum absolute atomic E-state index is 12.4. The molecule has 0 saturated heterocycles. The normalized spacial score (nSPS) is 12.9. The summed E-state index contributed by atoms with van der Waals surface area (Å²) in [7, 11) is 3.05. The van der Waals surface area contributed by atoms with Crippen LogP contribution in [0.15, 0.2) is 0 Å². The second-order valence-electron chi connectivity index (χ2n) is 2.90. The molecule has 0 unspecified atom stereocenters. The summed E-state index contributed by atoms with van der Waals surface area (Å²) in [6, 6.07) is 0. The van der Waals surface area contributed by atoms with Crippen LogP contribution in [-0.4, -0.2) is 51.0 Å². The van der Waals surface area contributed by atoms with Crippen LogP contribution in [0.25, 0.3) is 0 Å². The molecule has 6 heteroatoms. The lowest BCUT2D eigenvalue weighted by atomic mass is 10.3. The first-order valence-corrected chi connectivity index (χ1v) is 3.89. The third kappa shape index (κ3) is 5.05. The molecule has 0 amide bonds. The zero-order valence-corrected chi connectivity index (χ0v) is 7.66. The molecule has 0 heterocycles. The molecule has 0 aliphatic heterocycles. The van der Waals surface area contributed by atoms with Gasteiger partial charge in [0, 0.05) is 13.1 Å². The summed E-state index contributed by atoms with van der Waals surface area (Å²) in [5, 5.41) is 2.74. The molecule has 0 aromatic rings. The predicted molar refractivity (Wildman–Crippen MR) is 42.4 cm³/mol. The highest BCUT2D eigenvalue weighted by Gasteiger charge is 2.41. The van der Waals surface area contributed by atoms with Crippen molar-refractivity contribution < 1.29 is 17.6 Å². The van der Waals surface area contributed by atoms with Gasteiger partial charge in [0.2, 0.25) is 0 Å². The van der Waals surface area contributed by atoms with E-state index >= 15 is 0 Å². The number of hydrogen-bond donors (Lipinski definition) is 1. The van der Waals surface area contributed by atoms with Gasteiger partial charge in [0.1, 0.15) is 0 Å². The molecule has 0 atom stereocenters. The number of hydrogen-bond acceptors (Lipinski definition) is 2. The van der Waals surface area contributed by atoms with Crippen molar-refractivity contribution in [3.63, 3.8) is 0 Å². The third-order valence-electron chi connectivity index (χ3n) is 1.54. The number of halogens is 4. The Bertz CT molecular complexity index is 140. The van der Waals surface area contributed by atoms with Crippen LogP contribution < -0.4 is 5.32 Å². The standard InChI is InChI=1S/C7H14F4N2/c1-12-3-4-13(2)5-7(10,11)6(8)9/h6,12H,3-5H2,1-2H3. The number of nitrogens with one attached hydrogen (secondary N) is 1. The SMILES string of the molecule is CNCCN(C)CC(F)(F)C(F)F. The van der Waals surface area contributed by atoms with Crippen LogP contribution in [0, 0.1) is 0 Å². The summed E-state index contributed by atoms with van der Waals surface area (Å²) < 4.78 is 48.2. The molecule has 0 aromatic carbocycles. The van der Waals surface area contributed by atoms with E-state index in [-0.39, 0.29) is 0 Å². The Morgan fingerprint density at radius 2 is 1.92 bits per heavy atom. The van der Waals surface area contributed by atoms with Crippen molar-refractivity contribution in [2.24, 2.45) is 0 Å². The monoisotopic (exact) mass is 202 g/mol. The molecule has 0 rings (SSSR count). The minimum atomic E-state index is -3.91. The lowest BCUT2D eigenvalue weighted by Crippen LogP contribution is -2.41. The molecule has 0 aliphatic rings. The number of rotatable bonds is 6. The second kappa shape index (κ2) is 5.39. The topological polar surface area (TPSA) is 15.3 Å². The Labute approximate surface area is 74.9 Å². The maximum Gasteiger partial charge on any atom is 0.319 e. The summed E-state index contributed by atoms with van der Waals surface area (Å²) in [6.45, 7) is -0.0963. The zero-order chi connectivity index (χ0) is 10.5. The summed E-state index contributed by atoms with van der Waals surface area (Å²) in [6.07, 6.45) is -3.59. The molecule has 0 aromatic heterocycles. The second-order valence-corrected chi connectivity index (χ2v) is 2.90. The molecule has 0 fully saturated rings. The van der Waals surface area contributed by atoms with Gasteiger partial charge in [-0.2, -0.15) is 8.78 Å². The van der Waals surface area contributed by atoms with Crippen molar-refractivity contribution in [2.45, 2.75) is 12.3 Å². The van der Waals surface area contributed by atoms with Crippen LogP contribution in [0.4, 0.5) is 17.6 Å². The van der Waals surface area contributed by atoms with Gasteiger partial charge in [0.05, 0.1) is 6.54 Å². The summed E-state index contributed by atoms with van der Waals surface area (Å²) in [4.78, 5) is 1.17. The van der Waals surface area contributed by atoms with E-state index in [0.717, 1.165) is 0 Å². The van der Waals surface area contributed by atoms with Gasteiger partial charge >= 0.3 is 12.3 Å². The van der Waals surface area contributed by atoms with Crippen LogP contribution in [0.1, 0.15) is 0 Å². The van der Waals surface area contributed by atoms with Gasteiger partial charge < -0.3 is 5.32 Å². The molecule has 2 nitrogen and oxygen atoms in total. The van der Waals surface area contributed by atoms with Crippen molar-refractivity contribution in [3.05, 3.63) is 0 Å². The molecule has 0 saturated carbocycles. The van der Waals surface area contributed by atoms with Crippen molar-refractivity contribution in [3.8, 4) is 0 Å². The van der Waals surface area contributed by atoms with Crippen LogP contribution in [-0.2, 0) is 0 Å². The first-order chi connectivity index (χ1) is 5.90. The maximum atomic E-state index is 12.4. The fraction of sp³-hybridized carbons (Fsp3) is 1.00. The van der Waals surface area contributed by atoms with E-state index in [1.165, 1.54) is 11.9 Å². The molecule has 80 valence electrons. The number of likely N-dealkylation sites (N-methyl/N-ethyl adjacent to an activating group) is 2. The number of alkyl halides is 4. The number of nitrogens with zero attached hydrogens (tertiary/aromatic N) is 1. The third-order valence-corrected chi connectivity index (χ3v) is 1.54. The van der Waals surface area contributed by atoms with Gasteiger partial charge in [0.25, 0.3) is 0 Å². The Morgan fingerprint density at radius 3 is 2.31 bits per heavy atom. The van der Waals surface area contributed by atoms with Gasteiger partial charge in [-0.3, -0.25) is 4.90 Å². The first-order valence-electron chi connectivity index (χ1n) is 3.89. The van der Waals surface area contributed by atoms with Crippen molar-refractivity contribution in [1.82, 2.24) is 10.2 Å². The van der Waals surface area contributed by atoms with E-state index < -0.39 is 18.9 Å². The lowest BCUT2D eigenvalue weighted by molar-refractivity contribution is -0.139. The van der Waals surface area contributed by atoms with Crippen LogP contribution in [0.2, 0.25) is 0 Å². The van der Waals surface area contributed by atoms with E-state index in [1.807, 2.05) is 0 Å². The quantitative estimate of drug-likeness (QED) is 0.647. The largest absolute Gasteiger partial charge is 0.319 e. The Morgan fingerprint density at radius 1 is 1.38 bits per heavy atom. The highest BCUT2D eigenvalue weighted by Crippen LogP contribution is 2.23. The Kier molecular flexibility index (Phi) is 5.24. The average Bonchev–Trinajstić information content (AvgIpc) is 1.99.